The molecule has 1 aromatic rings. The van der Waals surface area contributed by atoms with E-state index in [1.165, 1.54) is 0 Å². The molecule has 0 bridgehead atoms. The van der Waals surface area contributed by atoms with Crippen molar-refractivity contribution in [1.29, 1.82) is 0 Å². The summed E-state index contributed by atoms with van der Waals surface area (Å²) in [6, 6.07) is 5.19. The van der Waals surface area contributed by atoms with Crippen LogP contribution in [0.4, 0.5) is 0 Å². The first-order valence-electron chi connectivity index (χ1n) is 6.41. The van der Waals surface area contributed by atoms with Gasteiger partial charge in [-0.3, -0.25) is 4.79 Å². The maximum Gasteiger partial charge on any atom is 0.253 e. The van der Waals surface area contributed by atoms with Gasteiger partial charge >= 0.3 is 0 Å². The van der Waals surface area contributed by atoms with Crippen molar-refractivity contribution in [2.75, 3.05) is 19.7 Å². The normalized spacial score (nSPS) is 14.1. The molecule has 0 radical (unpaired) electrons. The van der Waals surface area contributed by atoms with Crippen LogP contribution in [0.25, 0.3) is 0 Å². The number of aliphatic hydroxyl groups is 1. The lowest BCUT2D eigenvalue weighted by Gasteiger charge is -2.15. The summed E-state index contributed by atoms with van der Waals surface area (Å²) in [5, 5.41) is 9.15. The number of aliphatic hydroxyl groups excluding tert-OH is 1. The molecule has 0 unspecified atom stereocenters. The van der Waals surface area contributed by atoms with Gasteiger partial charge in [-0.25, -0.2) is 0 Å². The van der Waals surface area contributed by atoms with E-state index in [0.29, 0.717) is 22.6 Å². The van der Waals surface area contributed by atoms with Gasteiger partial charge in [-0.05, 0) is 31.0 Å². The van der Waals surface area contributed by atoms with Crippen LogP contribution in [0, 0.1) is 11.8 Å². The third kappa shape index (κ3) is 3.50. The Balaban J connectivity index is 2.14. The molecule has 1 aliphatic rings. The molecule has 2 rings (SSSR count). The van der Waals surface area contributed by atoms with E-state index in [1.807, 2.05) is 4.90 Å². The summed E-state index contributed by atoms with van der Waals surface area (Å²) in [5.74, 6) is 5.74. The predicted molar refractivity (Wildman–Crippen MR) is 75.2 cm³/mol. The molecule has 19 heavy (non-hydrogen) atoms. The van der Waals surface area contributed by atoms with E-state index in [0.717, 1.165) is 25.9 Å². The second-order valence-corrected chi connectivity index (χ2v) is 4.88. The monoisotopic (exact) mass is 277 g/mol. The van der Waals surface area contributed by atoms with Crippen molar-refractivity contribution in [2.45, 2.75) is 19.3 Å². The van der Waals surface area contributed by atoms with E-state index < -0.39 is 0 Å². The molecule has 1 N–H and O–H groups in total. The molecular formula is C15H16ClNO2. The van der Waals surface area contributed by atoms with Crippen LogP contribution in [0.1, 0.15) is 35.2 Å². The van der Waals surface area contributed by atoms with Crippen LogP contribution in [-0.2, 0) is 0 Å². The number of halogens is 1. The third-order valence-corrected chi connectivity index (χ3v) is 3.38. The Morgan fingerprint density at radius 2 is 2.11 bits per heavy atom. The average Bonchev–Trinajstić information content (AvgIpc) is 2.94. The van der Waals surface area contributed by atoms with Gasteiger partial charge < -0.3 is 10.0 Å². The quantitative estimate of drug-likeness (QED) is 0.843. The first-order chi connectivity index (χ1) is 9.22. The zero-order valence-electron chi connectivity index (χ0n) is 10.7. The summed E-state index contributed by atoms with van der Waals surface area (Å²) in [7, 11) is 0. The Morgan fingerprint density at radius 3 is 2.74 bits per heavy atom. The highest BCUT2D eigenvalue weighted by Gasteiger charge is 2.19. The van der Waals surface area contributed by atoms with Gasteiger partial charge in [0.25, 0.3) is 5.91 Å². The first-order valence-corrected chi connectivity index (χ1v) is 6.78. The second kappa shape index (κ2) is 6.60. The Hall–Kier alpha value is -1.50. The van der Waals surface area contributed by atoms with Crippen LogP contribution in [0.15, 0.2) is 18.2 Å². The highest BCUT2D eigenvalue weighted by Crippen LogP contribution is 2.20. The topological polar surface area (TPSA) is 40.5 Å². The Labute approximate surface area is 118 Å². The van der Waals surface area contributed by atoms with E-state index >= 15 is 0 Å². The van der Waals surface area contributed by atoms with Gasteiger partial charge in [0.15, 0.2) is 0 Å². The average molecular weight is 278 g/mol. The van der Waals surface area contributed by atoms with Gasteiger partial charge in [0.05, 0.1) is 11.6 Å². The van der Waals surface area contributed by atoms with Crippen molar-refractivity contribution in [3.63, 3.8) is 0 Å². The van der Waals surface area contributed by atoms with E-state index in [4.69, 9.17) is 16.7 Å². The molecule has 0 aromatic heterocycles. The standard InChI is InChI=1S/C15H16ClNO2/c16-14-11-13(15(19)17-8-2-3-9-17)7-6-12(14)5-1-4-10-18/h6-7,11,18H,2-4,8-10H2. The molecule has 3 nitrogen and oxygen atoms in total. The molecule has 1 aromatic carbocycles. The lowest BCUT2D eigenvalue weighted by Crippen LogP contribution is -2.27. The van der Waals surface area contributed by atoms with Gasteiger partial charge in [-0.15, -0.1) is 0 Å². The molecule has 1 aliphatic heterocycles. The van der Waals surface area contributed by atoms with Gasteiger partial charge in [0.2, 0.25) is 0 Å². The molecule has 0 spiro atoms. The van der Waals surface area contributed by atoms with Crippen LogP contribution in [-0.4, -0.2) is 35.6 Å². The van der Waals surface area contributed by atoms with Crippen LogP contribution >= 0.6 is 11.6 Å². The van der Waals surface area contributed by atoms with E-state index in [1.54, 1.807) is 18.2 Å². The molecule has 4 heteroatoms. The first kappa shape index (κ1) is 13.9. The number of likely N-dealkylation sites (tertiary alicyclic amines) is 1. The molecular weight excluding hydrogens is 262 g/mol. The largest absolute Gasteiger partial charge is 0.395 e. The van der Waals surface area contributed by atoms with Gasteiger partial charge in [0.1, 0.15) is 0 Å². The van der Waals surface area contributed by atoms with Crippen molar-refractivity contribution in [3.8, 4) is 11.8 Å². The molecule has 0 aliphatic carbocycles. The van der Waals surface area contributed by atoms with Crippen molar-refractivity contribution in [3.05, 3.63) is 34.3 Å². The van der Waals surface area contributed by atoms with Gasteiger partial charge in [0, 0.05) is 30.6 Å². The third-order valence-electron chi connectivity index (χ3n) is 3.07. The maximum atomic E-state index is 12.2. The van der Waals surface area contributed by atoms with E-state index in [9.17, 15) is 4.79 Å². The van der Waals surface area contributed by atoms with Crippen LogP contribution in [0.3, 0.4) is 0 Å². The summed E-state index contributed by atoms with van der Waals surface area (Å²) in [4.78, 5) is 14.0. The highest BCUT2D eigenvalue weighted by atomic mass is 35.5. The summed E-state index contributed by atoms with van der Waals surface area (Å²) in [6.07, 6.45) is 2.57. The lowest BCUT2D eigenvalue weighted by molar-refractivity contribution is 0.0793. The fourth-order valence-electron chi connectivity index (χ4n) is 2.07. The molecule has 0 atom stereocenters. The SMILES string of the molecule is O=C(c1ccc(C#CCCO)c(Cl)c1)N1CCCC1. The number of hydrogen-bond acceptors (Lipinski definition) is 2. The molecule has 0 saturated carbocycles. The van der Waals surface area contributed by atoms with Crippen LogP contribution < -0.4 is 0 Å². The maximum absolute atomic E-state index is 12.2. The molecule has 1 amide bonds. The van der Waals surface area contributed by atoms with E-state index in [2.05, 4.69) is 11.8 Å². The molecule has 1 fully saturated rings. The van der Waals surface area contributed by atoms with Crippen molar-refractivity contribution >= 4 is 17.5 Å². The smallest absolute Gasteiger partial charge is 0.253 e. The Kier molecular flexibility index (Phi) is 4.84. The lowest BCUT2D eigenvalue weighted by atomic mass is 10.1. The number of hydrogen-bond donors (Lipinski definition) is 1. The zero-order chi connectivity index (χ0) is 13.7. The number of nitrogens with zero attached hydrogens (tertiary/aromatic N) is 1. The summed E-state index contributed by atoms with van der Waals surface area (Å²) >= 11 is 6.12. The summed E-state index contributed by atoms with van der Waals surface area (Å²) in [5.41, 5.74) is 1.30. The minimum Gasteiger partial charge on any atom is -0.395 e. The summed E-state index contributed by atoms with van der Waals surface area (Å²) in [6.45, 7) is 1.69. The van der Waals surface area contributed by atoms with Crippen molar-refractivity contribution in [1.82, 2.24) is 4.90 Å². The molecule has 1 heterocycles. The zero-order valence-corrected chi connectivity index (χ0v) is 11.4. The minimum absolute atomic E-state index is 0.0364. The predicted octanol–water partition coefficient (Wildman–Crippen LogP) is 2.31. The number of carbonyl (C=O) groups excluding carboxylic acids is 1. The van der Waals surface area contributed by atoms with Crippen molar-refractivity contribution < 1.29 is 9.90 Å². The number of benzene rings is 1. The minimum atomic E-state index is 0.0364. The second-order valence-electron chi connectivity index (χ2n) is 4.47. The Morgan fingerprint density at radius 1 is 1.37 bits per heavy atom. The highest BCUT2D eigenvalue weighted by molar-refractivity contribution is 6.32. The van der Waals surface area contributed by atoms with Crippen LogP contribution in [0.2, 0.25) is 5.02 Å². The number of carbonyl (C=O) groups is 1. The van der Waals surface area contributed by atoms with Gasteiger partial charge in [-0.2, -0.15) is 0 Å². The van der Waals surface area contributed by atoms with Crippen molar-refractivity contribution in [2.24, 2.45) is 0 Å². The fourth-order valence-corrected chi connectivity index (χ4v) is 2.29. The van der Waals surface area contributed by atoms with Gasteiger partial charge in [-0.1, -0.05) is 23.4 Å². The fraction of sp³-hybridized carbons (Fsp3) is 0.400. The Bertz CT molecular complexity index is 525. The number of rotatable bonds is 2. The molecule has 100 valence electrons. The number of amides is 1. The van der Waals surface area contributed by atoms with E-state index in [-0.39, 0.29) is 12.5 Å². The van der Waals surface area contributed by atoms with Crippen LogP contribution in [0.5, 0.6) is 0 Å². The summed E-state index contributed by atoms with van der Waals surface area (Å²) < 4.78 is 0. The molecule has 1 saturated heterocycles.